The van der Waals surface area contributed by atoms with E-state index in [1.807, 2.05) is 24.1 Å². The minimum Gasteiger partial charge on any atom is -0.370 e. The van der Waals surface area contributed by atoms with Gasteiger partial charge in [-0.3, -0.25) is 0 Å². The maximum atomic E-state index is 14.1. The summed E-state index contributed by atoms with van der Waals surface area (Å²) in [7, 11) is 3.67. The highest BCUT2D eigenvalue weighted by atomic mass is 19.1. The van der Waals surface area contributed by atoms with Gasteiger partial charge < -0.3 is 20.1 Å². The van der Waals surface area contributed by atoms with E-state index >= 15 is 0 Å². The summed E-state index contributed by atoms with van der Waals surface area (Å²) < 4.78 is 14.1. The van der Waals surface area contributed by atoms with Gasteiger partial charge in [-0.15, -0.1) is 0 Å². The van der Waals surface area contributed by atoms with Crippen LogP contribution in [0.3, 0.4) is 0 Å². The summed E-state index contributed by atoms with van der Waals surface area (Å²) in [6.07, 6.45) is 4.75. The lowest BCUT2D eigenvalue weighted by Gasteiger charge is -2.27. The van der Waals surface area contributed by atoms with Gasteiger partial charge in [0.1, 0.15) is 11.5 Å². The van der Waals surface area contributed by atoms with Crippen LogP contribution < -0.4 is 10.2 Å². The zero-order chi connectivity index (χ0) is 20.1. The predicted octanol–water partition coefficient (Wildman–Crippen LogP) is 3.75. The van der Waals surface area contributed by atoms with E-state index in [-0.39, 0.29) is 11.8 Å². The second kappa shape index (κ2) is 6.62. The number of urea groups is 1. The number of H-pyrrole nitrogens is 1. The van der Waals surface area contributed by atoms with Crippen LogP contribution in [-0.2, 0) is 6.54 Å². The molecule has 2 N–H and O–H groups in total. The average Bonchev–Trinajstić information content (AvgIpc) is 3.05. The molecule has 4 heterocycles. The molecule has 0 saturated carbocycles. The van der Waals surface area contributed by atoms with Gasteiger partial charge in [-0.2, -0.15) is 0 Å². The molecule has 0 fully saturated rings. The Bertz CT molecular complexity index is 1170. The Morgan fingerprint density at radius 3 is 2.93 bits per heavy atom. The van der Waals surface area contributed by atoms with Crippen LogP contribution in [0.2, 0.25) is 0 Å². The molecule has 0 unspecified atom stereocenters. The second-order valence-corrected chi connectivity index (χ2v) is 7.57. The maximum absolute atomic E-state index is 14.1. The fourth-order valence-electron chi connectivity index (χ4n) is 4.47. The van der Waals surface area contributed by atoms with Gasteiger partial charge in [0.15, 0.2) is 0 Å². The first kappa shape index (κ1) is 17.7. The number of amides is 2. The molecular formula is C22H22FN5O. The highest BCUT2D eigenvalue weighted by Gasteiger charge is 2.27. The molecule has 0 atom stereocenters. The second-order valence-electron chi connectivity index (χ2n) is 7.57. The van der Waals surface area contributed by atoms with Gasteiger partial charge in [0.2, 0.25) is 0 Å². The first-order chi connectivity index (χ1) is 14.1. The predicted molar refractivity (Wildman–Crippen MR) is 112 cm³/mol. The molecule has 0 saturated heterocycles. The molecule has 2 aromatic heterocycles. The fourth-order valence-corrected chi connectivity index (χ4v) is 4.47. The van der Waals surface area contributed by atoms with Gasteiger partial charge in [0.25, 0.3) is 0 Å². The highest BCUT2D eigenvalue weighted by Crippen LogP contribution is 2.42. The first-order valence-electron chi connectivity index (χ1n) is 9.73. The van der Waals surface area contributed by atoms with Crippen molar-refractivity contribution in [3.8, 4) is 11.1 Å². The van der Waals surface area contributed by atoms with Crippen LogP contribution in [0.15, 0.2) is 36.5 Å². The van der Waals surface area contributed by atoms with Crippen molar-refractivity contribution in [2.75, 3.05) is 32.1 Å². The number of carbonyl (C=O) groups excluding carboxylic acids is 1. The van der Waals surface area contributed by atoms with Crippen molar-refractivity contribution in [2.45, 2.75) is 13.0 Å². The van der Waals surface area contributed by atoms with Crippen molar-refractivity contribution in [3.63, 3.8) is 0 Å². The van der Waals surface area contributed by atoms with Gasteiger partial charge >= 0.3 is 6.03 Å². The molecule has 2 aliphatic rings. The lowest BCUT2D eigenvalue weighted by Crippen LogP contribution is -2.41. The summed E-state index contributed by atoms with van der Waals surface area (Å²) in [5.74, 6) is -0.252. The summed E-state index contributed by atoms with van der Waals surface area (Å²) >= 11 is 0. The number of benzene rings is 1. The maximum Gasteiger partial charge on any atom is 0.317 e. The Hall–Kier alpha value is -3.35. The number of aromatic nitrogens is 2. The molecule has 5 rings (SSSR count). The summed E-state index contributed by atoms with van der Waals surface area (Å²) in [5.41, 5.74) is 6.85. The Kier molecular flexibility index (Phi) is 4.04. The summed E-state index contributed by atoms with van der Waals surface area (Å²) in [5, 5.41) is 3.73. The van der Waals surface area contributed by atoms with Crippen molar-refractivity contribution in [1.82, 2.24) is 20.2 Å². The summed E-state index contributed by atoms with van der Waals surface area (Å²) in [6, 6.07) is 6.81. The number of halogens is 1. The van der Waals surface area contributed by atoms with E-state index in [9.17, 15) is 9.18 Å². The van der Waals surface area contributed by atoms with Crippen LogP contribution in [0.1, 0.15) is 17.7 Å². The normalized spacial score (nSPS) is 15.8. The standard InChI is InChI=1S/C22H22FN5O/c1-24-22(29)28-9-3-4-13(11-28)20-17-12-27(2)18-6-5-14(23)10-16(18)15-7-8-25-21(26-20)19(15)17/h4-8,10H,3,9,11-12H2,1-2H3,(H,24,29)(H,25,26). The Labute approximate surface area is 168 Å². The molecule has 2 aliphatic heterocycles. The fraction of sp³-hybridized carbons (Fsp3) is 0.273. The molecular weight excluding hydrogens is 369 g/mol. The number of rotatable bonds is 1. The molecule has 148 valence electrons. The molecule has 2 amide bonds. The summed E-state index contributed by atoms with van der Waals surface area (Å²) in [6.45, 7) is 1.91. The van der Waals surface area contributed by atoms with E-state index in [2.05, 4.69) is 26.3 Å². The SMILES string of the molecule is CNC(=O)N1CCC=C(c2[nH]c3nccc4c3c2CN(C)c2ccc(F)cc2-4)C1. The third-order valence-electron chi connectivity index (χ3n) is 5.83. The zero-order valence-corrected chi connectivity index (χ0v) is 16.4. The van der Waals surface area contributed by atoms with E-state index in [1.165, 1.54) is 6.07 Å². The third kappa shape index (κ3) is 2.76. The monoisotopic (exact) mass is 391 g/mol. The smallest absolute Gasteiger partial charge is 0.317 e. The quantitative estimate of drug-likeness (QED) is 0.664. The first-order valence-corrected chi connectivity index (χ1v) is 9.73. The van der Waals surface area contributed by atoms with E-state index in [0.29, 0.717) is 19.6 Å². The van der Waals surface area contributed by atoms with E-state index < -0.39 is 0 Å². The van der Waals surface area contributed by atoms with Crippen LogP contribution in [0.5, 0.6) is 0 Å². The van der Waals surface area contributed by atoms with Gasteiger partial charge in [0, 0.05) is 62.1 Å². The number of carbonyl (C=O) groups is 1. The van der Waals surface area contributed by atoms with Gasteiger partial charge in [-0.25, -0.2) is 14.2 Å². The lowest BCUT2D eigenvalue weighted by atomic mass is 9.98. The highest BCUT2D eigenvalue weighted by molar-refractivity contribution is 6.03. The molecule has 29 heavy (non-hydrogen) atoms. The Morgan fingerprint density at radius 1 is 1.24 bits per heavy atom. The molecule has 0 aliphatic carbocycles. The number of pyridine rings is 1. The number of hydrogen-bond donors (Lipinski definition) is 2. The van der Waals surface area contributed by atoms with Crippen molar-refractivity contribution in [3.05, 3.63) is 53.6 Å². The van der Waals surface area contributed by atoms with Crippen LogP contribution in [0.25, 0.3) is 27.7 Å². The minimum absolute atomic E-state index is 0.0728. The van der Waals surface area contributed by atoms with Crippen molar-refractivity contribution in [1.29, 1.82) is 0 Å². The molecule has 6 nitrogen and oxygen atoms in total. The van der Waals surface area contributed by atoms with Gasteiger partial charge in [-0.1, -0.05) is 6.08 Å². The van der Waals surface area contributed by atoms with Crippen molar-refractivity contribution >= 4 is 28.3 Å². The van der Waals surface area contributed by atoms with Crippen LogP contribution >= 0.6 is 0 Å². The molecule has 0 radical (unpaired) electrons. The van der Waals surface area contributed by atoms with Crippen molar-refractivity contribution < 1.29 is 9.18 Å². The number of nitrogens with one attached hydrogen (secondary N) is 2. The van der Waals surface area contributed by atoms with E-state index in [4.69, 9.17) is 0 Å². The molecule has 0 spiro atoms. The van der Waals surface area contributed by atoms with Gasteiger partial charge in [-0.05, 0) is 41.8 Å². The lowest BCUT2D eigenvalue weighted by molar-refractivity contribution is 0.206. The molecule has 3 aromatic rings. The van der Waals surface area contributed by atoms with Crippen molar-refractivity contribution in [2.24, 2.45) is 0 Å². The van der Waals surface area contributed by atoms with Gasteiger partial charge in [0.05, 0.1) is 5.69 Å². The third-order valence-corrected chi connectivity index (χ3v) is 5.83. The number of anilines is 1. The topological polar surface area (TPSA) is 64.3 Å². The Morgan fingerprint density at radius 2 is 2.10 bits per heavy atom. The minimum atomic E-state index is -0.252. The van der Waals surface area contributed by atoms with E-state index in [1.54, 1.807) is 19.3 Å². The molecule has 7 heteroatoms. The zero-order valence-electron chi connectivity index (χ0n) is 16.4. The van der Waals surface area contributed by atoms with Crippen LogP contribution in [0, 0.1) is 5.82 Å². The number of hydrogen-bond acceptors (Lipinski definition) is 3. The average molecular weight is 391 g/mol. The Balaban J connectivity index is 1.69. The molecule has 1 aromatic carbocycles. The number of nitrogens with zero attached hydrogens (tertiary/aromatic N) is 3. The van der Waals surface area contributed by atoms with Crippen LogP contribution in [-0.4, -0.2) is 48.1 Å². The number of fused-ring (bicyclic) bond motifs is 2. The molecule has 0 bridgehead atoms. The van der Waals surface area contributed by atoms with E-state index in [0.717, 1.165) is 51.1 Å². The largest absolute Gasteiger partial charge is 0.370 e. The van der Waals surface area contributed by atoms with Crippen LogP contribution in [0.4, 0.5) is 14.9 Å². The summed E-state index contributed by atoms with van der Waals surface area (Å²) in [4.78, 5) is 24.1. The number of aromatic amines is 1.